The van der Waals surface area contributed by atoms with E-state index in [9.17, 15) is 0 Å². The second kappa shape index (κ2) is 4.82. The molecule has 0 atom stereocenters. The molecule has 0 unspecified atom stereocenters. The van der Waals surface area contributed by atoms with Gasteiger partial charge in [-0.25, -0.2) is 4.98 Å². The van der Waals surface area contributed by atoms with Gasteiger partial charge in [-0.1, -0.05) is 18.2 Å². The molecular weight excluding hydrogens is 292 g/mol. The van der Waals surface area contributed by atoms with E-state index >= 15 is 0 Å². The Morgan fingerprint density at radius 3 is 2.78 bits per heavy atom. The molecule has 0 bridgehead atoms. The van der Waals surface area contributed by atoms with Crippen molar-refractivity contribution in [3.05, 3.63) is 65.2 Å². The summed E-state index contributed by atoms with van der Waals surface area (Å²) in [5, 5.41) is 0. The van der Waals surface area contributed by atoms with Gasteiger partial charge in [0.15, 0.2) is 5.82 Å². The zero-order chi connectivity index (χ0) is 12.4. The first-order chi connectivity index (χ1) is 8.83. The number of rotatable bonds is 3. The molecule has 4 heteroatoms. The van der Waals surface area contributed by atoms with Gasteiger partial charge in [-0.3, -0.25) is 4.40 Å². The SMILES string of the molecule is Brc1ccc2cnc(COc3ccccc3)n2c1. The van der Waals surface area contributed by atoms with Crippen molar-refractivity contribution in [2.75, 3.05) is 0 Å². The smallest absolute Gasteiger partial charge is 0.151 e. The number of halogens is 1. The van der Waals surface area contributed by atoms with Crippen LogP contribution < -0.4 is 4.74 Å². The molecule has 18 heavy (non-hydrogen) atoms. The summed E-state index contributed by atoms with van der Waals surface area (Å²) in [6, 6.07) is 13.8. The number of nitrogens with zero attached hydrogens (tertiary/aromatic N) is 2. The van der Waals surface area contributed by atoms with Crippen LogP contribution in [0.2, 0.25) is 0 Å². The third-order valence-corrected chi connectivity index (χ3v) is 3.15. The normalized spacial score (nSPS) is 10.7. The van der Waals surface area contributed by atoms with Crippen molar-refractivity contribution in [3.8, 4) is 5.75 Å². The summed E-state index contributed by atoms with van der Waals surface area (Å²) >= 11 is 3.46. The average Bonchev–Trinajstić information content (AvgIpc) is 2.80. The van der Waals surface area contributed by atoms with Crippen molar-refractivity contribution in [2.24, 2.45) is 0 Å². The van der Waals surface area contributed by atoms with Gasteiger partial charge in [0.2, 0.25) is 0 Å². The molecule has 2 aromatic heterocycles. The predicted molar refractivity (Wildman–Crippen MR) is 73.7 cm³/mol. The van der Waals surface area contributed by atoms with Crippen LogP contribution in [0.4, 0.5) is 0 Å². The van der Waals surface area contributed by atoms with E-state index in [-0.39, 0.29) is 0 Å². The molecule has 0 radical (unpaired) electrons. The van der Waals surface area contributed by atoms with Crippen molar-refractivity contribution < 1.29 is 4.74 Å². The molecule has 0 spiro atoms. The van der Waals surface area contributed by atoms with E-state index < -0.39 is 0 Å². The first-order valence-electron chi connectivity index (χ1n) is 5.62. The number of ether oxygens (including phenoxy) is 1. The number of imidazole rings is 1. The average molecular weight is 303 g/mol. The number of hydrogen-bond donors (Lipinski definition) is 0. The van der Waals surface area contributed by atoms with E-state index in [1.807, 2.05) is 59.3 Å². The standard InChI is InChI=1S/C14H11BrN2O/c15-11-6-7-12-8-16-14(17(12)9-11)10-18-13-4-2-1-3-5-13/h1-9H,10H2. The van der Waals surface area contributed by atoms with Crippen LogP contribution in [0.5, 0.6) is 5.75 Å². The number of fused-ring (bicyclic) bond motifs is 1. The topological polar surface area (TPSA) is 26.5 Å². The summed E-state index contributed by atoms with van der Waals surface area (Å²) in [6.07, 6.45) is 3.84. The van der Waals surface area contributed by atoms with Crippen LogP contribution in [0.15, 0.2) is 59.3 Å². The van der Waals surface area contributed by atoms with Gasteiger partial charge in [0.25, 0.3) is 0 Å². The molecule has 0 N–H and O–H groups in total. The molecule has 0 amide bonds. The Hall–Kier alpha value is -1.81. The molecule has 90 valence electrons. The van der Waals surface area contributed by atoms with Crippen LogP contribution in [0.25, 0.3) is 5.52 Å². The van der Waals surface area contributed by atoms with Crippen LogP contribution in [0.1, 0.15) is 5.82 Å². The second-order valence-corrected chi connectivity index (χ2v) is 4.83. The fraction of sp³-hybridized carbons (Fsp3) is 0.0714. The van der Waals surface area contributed by atoms with Gasteiger partial charge in [0, 0.05) is 10.7 Å². The van der Waals surface area contributed by atoms with Crippen LogP contribution >= 0.6 is 15.9 Å². The summed E-state index contributed by atoms with van der Waals surface area (Å²) in [7, 11) is 0. The lowest BCUT2D eigenvalue weighted by molar-refractivity contribution is 0.295. The highest BCUT2D eigenvalue weighted by atomic mass is 79.9. The molecule has 0 aliphatic heterocycles. The van der Waals surface area contributed by atoms with Gasteiger partial charge in [-0.2, -0.15) is 0 Å². The Labute approximate surface area is 113 Å². The molecule has 3 rings (SSSR count). The maximum atomic E-state index is 5.70. The van der Waals surface area contributed by atoms with Gasteiger partial charge < -0.3 is 4.74 Å². The number of para-hydroxylation sites is 1. The van der Waals surface area contributed by atoms with E-state index in [2.05, 4.69) is 20.9 Å². The maximum absolute atomic E-state index is 5.70. The Bertz CT molecular complexity index is 664. The molecule has 3 nitrogen and oxygen atoms in total. The summed E-state index contributed by atoms with van der Waals surface area (Å²) in [6.45, 7) is 0.453. The Kier molecular flexibility index (Phi) is 3.02. The summed E-state index contributed by atoms with van der Waals surface area (Å²) < 4.78 is 8.74. The minimum absolute atomic E-state index is 0.453. The molecule has 2 heterocycles. The number of benzene rings is 1. The fourth-order valence-corrected chi connectivity index (χ4v) is 2.13. The van der Waals surface area contributed by atoms with Crippen molar-refractivity contribution >= 4 is 21.4 Å². The molecule has 0 aliphatic rings. The largest absolute Gasteiger partial charge is 0.486 e. The van der Waals surface area contributed by atoms with Gasteiger partial charge in [-0.05, 0) is 40.2 Å². The van der Waals surface area contributed by atoms with E-state index in [4.69, 9.17) is 4.74 Å². The number of hydrogen-bond acceptors (Lipinski definition) is 2. The third kappa shape index (κ3) is 2.24. The van der Waals surface area contributed by atoms with Crippen LogP contribution in [-0.4, -0.2) is 9.38 Å². The lowest BCUT2D eigenvalue weighted by Gasteiger charge is -2.05. The minimum Gasteiger partial charge on any atom is -0.486 e. The van der Waals surface area contributed by atoms with Crippen molar-refractivity contribution in [2.45, 2.75) is 6.61 Å². The molecule has 1 aromatic carbocycles. The minimum atomic E-state index is 0.453. The Balaban J connectivity index is 1.85. The van der Waals surface area contributed by atoms with Crippen LogP contribution in [0, 0.1) is 0 Å². The van der Waals surface area contributed by atoms with Crippen molar-refractivity contribution in [1.29, 1.82) is 0 Å². The van der Waals surface area contributed by atoms with Gasteiger partial charge in [0.1, 0.15) is 12.4 Å². The highest BCUT2D eigenvalue weighted by Crippen LogP contribution is 2.16. The van der Waals surface area contributed by atoms with Crippen molar-refractivity contribution in [1.82, 2.24) is 9.38 Å². The van der Waals surface area contributed by atoms with Crippen LogP contribution in [0.3, 0.4) is 0 Å². The highest BCUT2D eigenvalue weighted by molar-refractivity contribution is 9.10. The summed E-state index contributed by atoms with van der Waals surface area (Å²) in [4.78, 5) is 4.37. The molecule has 0 saturated heterocycles. The lowest BCUT2D eigenvalue weighted by atomic mass is 10.3. The fourth-order valence-electron chi connectivity index (χ4n) is 1.79. The molecular formula is C14H11BrN2O. The van der Waals surface area contributed by atoms with E-state index in [0.717, 1.165) is 21.6 Å². The molecule has 0 fully saturated rings. The quantitative estimate of drug-likeness (QED) is 0.738. The van der Waals surface area contributed by atoms with Crippen LogP contribution in [-0.2, 0) is 6.61 Å². The molecule has 0 saturated carbocycles. The van der Waals surface area contributed by atoms with Gasteiger partial charge in [-0.15, -0.1) is 0 Å². The van der Waals surface area contributed by atoms with Gasteiger partial charge >= 0.3 is 0 Å². The maximum Gasteiger partial charge on any atom is 0.151 e. The summed E-state index contributed by atoms with van der Waals surface area (Å²) in [5.74, 6) is 1.74. The molecule has 0 aliphatic carbocycles. The van der Waals surface area contributed by atoms with E-state index in [0.29, 0.717) is 6.61 Å². The summed E-state index contributed by atoms with van der Waals surface area (Å²) in [5.41, 5.74) is 1.06. The first kappa shape index (κ1) is 11.3. The number of aromatic nitrogens is 2. The Morgan fingerprint density at radius 2 is 1.94 bits per heavy atom. The van der Waals surface area contributed by atoms with E-state index in [1.165, 1.54) is 0 Å². The Morgan fingerprint density at radius 1 is 1.11 bits per heavy atom. The second-order valence-electron chi connectivity index (χ2n) is 3.92. The lowest BCUT2D eigenvalue weighted by Crippen LogP contribution is -2.01. The van der Waals surface area contributed by atoms with Gasteiger partial charge in [0.05, 0.1) is 11.7 Å². The van der Waals surface area contributed by atoms with E-state index in [1.54, 1.807) is 0 Å². The highest BCUT2D eigenvalue weighted by Gasteiger charge is 2.04. The molecule has 3 aromatic rings. The monoisotopic (exact) mass is 302 g/mol. The third-order valence-electron chi connectivity index (χ3n) is 2.68. The zero-order valence-corrected chi connectivity index (χ0v) is 11.2. The number of pyridine rings is 1. The predicted octanol–water partition coefficient (Wildman–Crippen LogP) is 3.68. The van der Waals surface area contributed by atoms with Crippen molar-refractivity contribution in [3.63, 3.8) is 0 Å². The first-order valence-corrected chi connectivity index (χ1v) is 6.41. The zero-order valence-electron chi connectivity index (χ0n) is 9.58.